The second kappa shape index (κ2) is 4.46. The Hall–Kier alpha value is -1.81. The summed E-state index contributed by atoms with van der Waals surface area (Å²) in [5.74, 6) is 0.706. The van der Waals surface area contributed by atoms with Crippen LogP contribution in [0.15, 0.2) is 51.4 Å². The third kappa shape index (κ3) is 2.24. The van der Waals surface area contributed by atoms with Gasteiger partial charge >= 0.3 is 0 Å². The van der Waals surface area contributed by atoms with Gasteiger partial charge in [0.15, 0.2) is 11.5 Å². The van der Waals surface area contributed by atoms with Gasteiger partial charge in [-0.25, -0.2) is 4.98 Å². The van der Waals surface area contributed by atoms with Gasteiger partial charge in [-0.2, -0.15) is 0 Å². The molecule has 0 aliphatic rings. The predicted octanol–water partition coefficient (Wildman–Crippen LogP) is 3.76. The van der Waals surface area contributed by atoms with Crippen molar-refractivity contribution in [3.8, 4) is 0 Å². The summed E-state index contributed by atoms with van der Waals surface area (Å²) in [5, 5.41) is 0. The van der Waals surface area contributed by atoms with E-state index >= 15 is 0 Å². The maximum absolute atomic E-state index is 5.72. The molecular weight excluding hydrogens is 292 g/mol. The van der Waals surface area contributed by atoms with Gasteiger partial charge in [0.05, 0.1) is 0 Å². The summed E-state index contributed by atoms with van der Waals surface area (Å²) in [6, 6.07) is 13.6. The largest absolute Gasteiger partial charge is 0.440 e. The van der Waals surface area contributed by atoms with Gasteiger partial charge in [0, 0.05) is 16.6 Å². The van der Waals surface area contributed by atoms with Gasteiger partial charge in [-0.05, 0) is 35.9 Å². The summed E-state index contributed by atoms with van der Waals surface area (Å²) in [7, 11) is 0. The first-order valence-corrected chi connectivity index (χ1v) is 6.39. The Kier molecular flexibility index (Phi) is 2.80. The van der Waals surface area contributed by atoms with Crippen LogP contribution in [0.4, 0.5) is 5.69 Å². The van der Waals surface area contributed by atoms with Crippen LogP contribution in [0.2, 0.25) is 0 Å². The number of fused-ring (bicyclic) bond motifs is 1. The smallest absolute Gasteiger partial charge is 0.199 e. The molecule has 0 aliphatic heterocycles. The molecule has 2 aromatic carbocycles. The van der Waals surface area contributed by atoms with Crippen molar-refractivity contribution in [1.82, 2.24) is 4.98 Å². The van der Waals surface area contributed by atoms with Gasteiger partial charge in [0.1, 0.15) is 5.52 Å². The second-order valence-corrected chi connectivity index (χ2v) is 5.05. The van der Waals surface area contributed by atoms with E-state index in [0.717, 1.165) is 21.1 Å². The van der Waals surface area contributed by atoms with E-state index in [2.05, 4.69) is 20.9 Å². The molecule has 0 amide bonds. The Bertz CT molecular complexity index is 689. The minimum Gasteiger partial charge on any atom is -0.440 e. The third-order valence-corrected chi connectivity index (χ3v) is 3.25. The summed E-state index contributed by atoms with van der Waals surface area (Å²) >= 11 is 3.41. The molecule has 1 aromatic heterocycles. The van der Waals surface area contributed by atoms with Crippen LogP contribution in [-0.2, 0) is 6.42 Å². The van der Waals surface area contributed by atoms with Gasteiger partial charge in [0.2, 0.25) is 0 Å². The Balaban J connectivity index is 1.92. The van der Waals surface area contributed by atoms with E-state index in [-0.39, 0.29) is 0 Å². The molecule has 0 radical (unpaired) electrons. The Morgan fingerprint density at radius 1 is 1.11 bits per heavy atom. The lowest BCUT2D eigenvalue weighted by Crippen LogP contribution is -1.87. The number of aromatic nitrogens is 1. The van der Waals surface area contributed by atoms with Crippen LogP contribution in [-0.4, -0.2) is 4.98 Å². The average molecular weight is 303 g/mol. The Labute approximate surface area is 113 Å². The fourth-order valence-corrected chi connectivity index (χ4v) is 2.11. The third-order valence-electron chi connectivity index (χ3n) is 2.72. The van der Waals surface area contributed by atoms with Crippen molar-refractivity contribution in [2.75, 3.05) is 5.73 Å². The summed E-state index contributed by atoms with van der Waals surface area (Å²) < 4.78 is 6.75. The zero-order valence-electron chi connectivity index (χ0n) is 9.56. The van der Waals surface area contributed by atoms with Crippen molar-refractivity contribution in [3.63, 3.8) is 0 Å². The molecule has 3 rings (SSSR count). The molecule has 1 heterocycles. The number of halogens is 1. The predicted molar refractivity (Wildman–Crippen MR) is 75.4 cm³/mol. The molecule has 0 bridgehead atoms. The summed E-state index contributed by atoms with van der Waals surface area (Å²) in [4.78, 5) is 4.43. The number of nitrogen functional groups attached to an aromatic ring is 1. The zero-order chi connectivity index (χ0) is 12.5. The van der Waals surface area contributed by atoms with Crippen molar-refractivity contribution in [2.45, 2.75) is 6.42 Å². The first-order chi connectivity index (χ1) is 8.70. The van der Waals surface area contributed by atoms with Crippen LogP contribution in [0.1, 0.15) is 11.5 Å². The highest BCUT2D eigenvalue weighted by atomic mass is 79.9. The topological polar surface area (TPSA) is 52.0 Å². The van der Waals surface area contributed by atoms with Crippen LogP contribution in [0.3, 0.4) is 0 Å². The van der Waals surface area contributed by atoms with Gasteiger partial charge in [0.25, 0.3) is 0 Å². The molecule has 3 nitrogen and oxygen atoms in total. The number of nitrogens with two attached hydrogens (primary N) is 1. The number of oxazole rings is 1. The van der Waals surface area contributed by atoms with Crippen molar-refractivity contribution >= 4 is 32.7 Å². The van der Waals surface area contributed by atoms with Crippen molar-refractivity contribution in [1.29, 1.82) is 0 Å². The molecule has 2 N–H and O–H groups in total. The molecule has 0 atom stereocenters. The van der Waals surface area contributed by atoms with Crippen LogP contribution >= 0.6 is 15.9 Å². The summed E-state index contributed by atoms with van der Waals surface area (Å²) in [6.07, 6.45) is 0.682. The SMILES string of the molecule is Nc1ccc2oc(Cc3ccc(Br)cc3)nc2c1. The highest BCUT2D eigenvalue weighted by molar-refractivity contribution is 9.10. The van der Waals surface area contributed by atoms with Crippen LogP contribution < -0.4 is 5.73 Å². The summed E-state index contributed by atoms with van der Waals surface area (Å²) in [6.45, 7) is 0. The van der Waals surface area contributed by atoms with Crippen LogP contribution in [0.25, 0.3) is 11.1 Å². The highest BCUT2D eigenvalue weighted by Crippen LogP contribution is 2.20. The highest BCUT2D eigenvalue weighted by Gasteiger charge is 2.06. The minimum absolute atomic E-state index is 0.682. The number of benzene rings is 2. The lowest BCUT2D eigenvalue weighted by atomic mass is 10.1. The minimum atomic E-state index is 0.682. The van der Waals surface area contributed by atoms with Crippen molar-refractivity contribution < 1.29 is 4.42 Å². The molecule has 0 unspecified atom stereocenters. The molecule has 0 aliphatic carbocycles. The molecular formula is C14H11BrN2O. The van der Waals surface area contributed by atoms with Crippen molar-refractivity contribution in [2.24, 2.45) is 0 Å². The van der Waals surface area contributed by atoms with E-state index in [9.17, 15) is 0 Å². The molecule has 3 aromatic rings. The van der Waals surface area contributed by atoms with E-state index in [1.54, 1.807) is 0 Å². The molecule has 0 saturated carbocycles. The molecule has 0 saturated heterocycles. The summed E-state index contributed by atoms with van der Waals surface area (Å²) in [5.41, 5.74) is 9.16. The molecule has 0 fully saturated rings. The number of hydrogen-bond acceptors (Lipinski definition) is 3. The van der Waals surface area contributed by atoms with Gasteiger partial charge in [-0.3, -0.25) is 0 Å². The number of hydrogen-bond donors (Lipinski definition) is 1. The van der Waals surface area contributed by atoms with Gasteiger partial charge in [-0.1, -0.05) is 28.1 Å². The molecule has 0 spiro atoms. The zero-order valence-corrected chi connectivity index (χ0v) is 11.1. The van der Waals surface area contributed by atoms with Crippen LogP contribution in [0, 0.1) is 0 Å². The maximum Gasteiger partial charge on any atom is 0.199 e. The van der Waals surface area contributed by atoms with E-state index in [4.69, 9.17) is 10.2 Å². The first kappa shape index (κ1) is 11.3. The first-order valence-electron chi connectivity index (χ1n) is 5.60. The standard InChI is InChI=1S/C14H11BrN2O/c15-10-3-1-9(2-4-10)7-14-17-12-8-11(16)5-6-13(12)18-14/h1-6,8H,7,16H2. The Morgan fingerprint density at radius 3 is 2.67 bits per heavy atom. The monoisotopic (exact) mass is 302 g/mol. The lowest BCUT2D eigenvalue weighted by Gasteiger charge is -1.96. The van der Waals surface area contributed by atoms with E-state index in [1.807, 2.05) is 42.5 Å². The van der Waals surface area contributed by atoms with E-state index < -0.39 is 0 Å². The van der Waals surface area contributed by atoms with Crippen molar-refractivity contribution in [3.05, 3.63) is 58.4 Å². The fraction of sp³-hybridized carbons (Fsp3) is 0.0714. The van der Waals surface area contributed by atoms with E-state index in [1.165, 1.54) is 0 Å². The van der Waals surface area contributed by atoms with Gasteiger partial charge < -0.3 is 10.2 Å². The molecule has 4 heteroatoms. The molecule has 18 heavy (non-hydrogen) atoms. The normalized spacial score (nSPS) is 10.9. The van der Waals surface area contributed by atoms with E-state index in [0.29, 0.717) is 18.0 Å². The number of anilines is 1. The number of rotatable bonds is 2. The van der Waals surface area contributed by atoms with Gasteiger partial charge in [-0.15, -0.1) is 0 Å². The lowest BCUT2D eigenvalue weighted by molar-refractivity contribution is 0.544. The van der Waals surface area contributed by atoms with Crippen LogP contribution in [0.5, 0.6) is 0 Å². The molecule has 90 valence electrons. The quantitative estimate of drug-likeness (QED) is 0.733. The Morgan fingerprint density at radius 2 is 1.89 bits per heavy atom. The average Bonchev–Trinajstić information content (AvgIpc) is 2.73. The number of nitrogens with zero attached hydrogens (tertiary/aromatic N) is 1. The fourth-order valence-electron chi connectivity index (χ4n) is 1.84. The maximum atomic E-state index is 5.72. The second-order valence-electron chi connectivity index (χ2n) is 4.14.